The first-order valence-electron chi connectivity index (χ1n) is 9.94. The predicted molar refractivity (Wildman–Crippen MR) is 124 cm³/mol. The van der Waals surface area contributed by atoms with E-state index in [1.807, 2.05) is 65.4 Å². The van der Waals surface area contributed by atoms with Crippen LogP contribution in [0.4, 0.5) is 0 Å². The average Bonchev–Trinajstić information content (AvgIpc) is 3.61. The first-order chi connectivity index (χ1) is 15.7. The number of oxazole rings is 1. The molecule has 4 aromatic heterocycles. The van der Waals surface area contributed by atoms with E-state index in [1.54, 1.807) is 36.5 Å². The monoisotopic (exact) mass is 464 g/mol. The molecule has 32 heavy (non-hydrogen) atoms. The van der Waals surface area contributed by atoms with Crippen LogP contribution in [0.2, 0.25) is 0 Å². The highest BCUT2D eigenvalue weighted by Gasteiger charge is 2.19. The molecule has 0 aliphatic carbocycles. The van der Waals surface area contributed by atoms with Gasteiger partial charge >= 0.3 is 0 Å². The first-order valence-corrected chi connectivity index (χ1v) is 11.8. The van der Waals surface area contributed by atoms with Gasteiger partial charge < -0.3 is 13.6 Å². The maximum Gasteiger partial charge on any atom is 0.236 e. The Labute approximate surface area is 193 Å². The Morgan fingerprint density at radius 1 is 1.12 bits per heavy atom. The summed E-state index contributed by atoms with van der Waals surface area (Å²) in [6, 6.07) is 15.6. The Morgan fingerprint density at radius 3 is 2.84 bits per heavy atom. The van der Waals surface area contributed by atoms with Crippen LogP contribution in [0.1, 0.15) is 17.2 Å². The van der Waals surface area contributed by atoms with E-state index in [1.165, 1.54) is 0 Å². The van der Waals surface area contributed by atoms with Crippen molar-refractivity contribution in [1.82, 2.24) is 19.7 Å². The van der Waals surface area contributed by atoms with Crippen molar-refractivity contribution >= 4 is 23.1 Å². The van der Waals surface area contributed by atoms with Crippen LogP contribution in [-0.4, -0.2) is 26.9 Å². The van der Waals surface area contributed by atoms with Crippen molar-refractivity contribution in [3.63, 3.8) is 0 Å². The van der Waals surface area contributed by atoms with Crippen LogP contribution in [0.15, 0.2) is 74.2 Å². The van der Waals surface area contributed by atoms with Gasteiger partial charge in [-0.2, -0.15) is 0 Å². The first kappa shape index (κ1) is 20.6. The van der Waals surface area contributed by atoms with Gasteiger partial charge in [-0.15, -0.1) is 21.5 Å². The molecule has 0 fully saturated rings. The van der Waals surface area contributed by atoms with Crippen LogP contribution in [0.25, 0.3) is 22.2 Å². The fourth-order valence-corrected chi connectivity index (χ4v) is 4.86. The van der Waals surface area contributed by atoms with Crippen LogP contribution in [0.3, 0.4) is 0 Å². The lowest BCUT2D eigenvalue weighted by Crippen LogP contribution is -2.03. The average molecular weight is 465 g/mol. The number of ether oxygens (including phenoxy) is 1. The fraction of sp³-hybridized carbons (Fsp3) is 0.174. The second-order valence-electron chi connectivity index (χ2n) is 6.99. The van der Waals surface area contributed by atoms with Crippen LogP contribution in [0, 0.1) is 6.92 Å². The molecule has 5 rings (SSSR count). The van der Waals surface area contributed by atoms with Crippen molar-refractivity contribution < 1.29 is 13.6 Å². The predicted octanol–water partition coefficient (Wildman–Crippen LogP) is 5.91. The Bertz CT molecular complexity index is 1310. The van der Waals surface area contributed by atoms with Gasteiger partial charge in [0.05, 0.1) is 30.5 Å². The number of hydrogen-bond acceptors (Lipinski definition) is 8. The maximum absolute atomic E-state index is 5.88. The van der Waals surface area contributed by atoms with Crippen LogP contribution in [-0.2, 0) is 12.3 Å². The Kier molecular flexibility index (Phi) is 5.83. The molecule has 0 spiro atoms. The molecule has 0 atom stereocenters. The van der Waals surface area contributed by atoms with Gasteiger partial charge in [-0.3, -0.25) is 4.57 Å². The second-order valence-corrected chi connectivity index (χ2v) is 8.88. The van der Waals surface area contributed by atoms with E-state index in [0.29, 0.717) is 18.2 Å². The maximum atomic E-state index is 5.88. The minimum absolute atomic E-state index is 0.521. The van der Waals surface area contributed by atoms with Gasteiger partial charge in [0.2, 0.25) is 5.89 Å². The Morgan fingerprint density at radius 2 is 2.06 bits per heavy atom. The molecule has 1 aromatic carbocycles. The summed E-state index contributed by atoms with van der Waals surface area (Å²) < 4.78 is 18.9. The summed E-state index contributed by atoms with van der Waals surface area (Å²) in [5, 5.41) is 11.7. The molecule has 9 heteroatoms. The van der Waals surface area contributed by atoms with Crippen molar-refractivity contribution in [1.29, 1.82) is 0 Å². The van der Waals surface area contributed by atoms with Crippen molar-refractivity contribution in [3.8, 4) is 27.9 Å². The molecular weight excluding hydrogens is 444 g/mol. The molecule has 0 aliphatic rings. The SMILES string of the molecule is COc1cccc(-c2nnc(SCc3nc(-c4cccs4)oc3C)n2Cc2ccco2)c1. The summed E-state index contributed by atoms with van der Waals surface area (Å²) in [5.41, 5.74) is 1.82. The third-order valence-corrected chi connectivity index (χ3v) is 6.74. The number of benzene rings is 1. The van der Waals surface area contributed by atoms with Gasteiger partial charge in [-0.05, 0) is 42.6 Å². The number of thioether (sulfide) groups is 1. The molecule has 0 unspecified atom stereocenters. The molecule has 0 saturated carbocycles. The van der Waals surface area contributed by atoms with Crippen molar-refractivity contribution in [3.05, 3.63) is 77.4 Å². The van der Waals surface area contributed by atoms with E-state index in [4.69, 9.17) is 18.6 Å². The normalized spacial score (nSPS) is 11.2. The summed E-state index contributed by atoms with van der Waals surface area (Å²) in [6.45, 7) is 2.46. The van der Waals surface area contributed by atoms with Gasteiger partial charge in [-0.1, -0.05) is 30.0 Å². The lowest BCUT2D eigenvalue weighted by molar-refractivity contribution is 0.415. The van der Waals surface area contributed by atoms with Gasteiger partial charge in [0, 0.05) is 11.3 Å². The van der Waals surface area contributed by atoms with Crippen molar-refractivity contribution in [2.24, 2.45) is 0 Å². The Balaban J connectivity index is 1.44. The molecule has 0 saturated heterocycles. The van der Waals surface area contributed by atoms with Crippen molar-refractivity contribution in [2.45, 2.75) is 24.4 Å². The van der Waals surface area contributed by atoms with Crippen LogP contribution in [0.5, 0.6) is 5.75 Å². The number of hydrogen-bond donors (Lipinski definition) is 0. The minimum Gasteiger partial charge on any atom is -0.497 e. The van der Waals surface area contributed by atoms with E-state index in [-0.39, 0.29) is 0 Å². The number of aryl methyl sites for hydroxylation is 1. The zero-order valence-electron chi connectivity index (χ0n) is 17.5. The third-order valence-electron chi connectivity index (χ3n) is 4.90. The summed E-state index contributed by atoms with van der Waals surface area (Å²) in [4.78, 5) is 5.71. The zero-order valence-corrected chi connectivity index (χ0v) is 19.2. The minimum atomic E-state index is 0.521. The summed E-state index contributed by atoms with van der Waals surface area (Å²) in [5.74, 6) is 4.43. The van der Waals surface area contributed by atoms with Gasteiger partial charge in [-0.25, -0.2) is 4.98 Å². The summed E-state index contributed by atoms with van der Waals surface area (Å²) >= 11 is 3.18. The Hall–Kier alpha value is -3.30. The third kappa shape index (κ3) is 4.21. The largest absolute Gasteiger partial charge is 0.497 e. The molecule has 4 heterocycles. The van der Waals surface area contributed by atoms with E-state index in [9.17, 15) is 0 Å². The molecule has 162 valence electrons. The molecule has 0 amide bonds. The smallest absolute Gasteiger partial charge is 0.236 e. The lowest BCUT2D eigenvalue weighted by Gasteiger charge is -2.09. The number of thiophene rings is 1. The van der Waals surface area contributed by atoms with E-state index in [2.05, 4.69) is 10.2 Å². The van der Waals surface area contributed by atoms with Crippen LogP contribution < -0.4 is 4.74 Å². The van der Waals surface area contributed by atoms with E-state index < -0.39 is 0 Å². The van der Waals surface area contributed by atoms with Gasteiger partial charge in [0.15, 0.2) is 11.0 Å². The quantitative estimate of drug-likeness (QED) is 0.264. The van der Waals surface area contributed by atoms with Crippen molar-refractivity contribution in [2.75, 3.05) is 7.11 Å². The molecular formula is C23H20N4O3S2. The number of rotatable bonds is 8. The molecule has 0 N–H and O–H groups in total. The number of nitrogens with zero attached hydrogens (tertiary/aromatic N) is 4. The fourth-order valence-electron chi connectivity index (χ4n) is 3.27. The molecule has 5 aromatic rings. The molecule has 0 radical (unpaired) electrons. The topological polar surface area (TPSA) is 79.1 Å². The number of aromatic nitrogens is 4. The highest BCUT2D eigenvalue weighted by molar-refractivity contribution is 7.98. The van der Waals surface area contributed by atoms with Crippen LogP contribution >= 0.6 is 23.1 Å². The highest BCUT2D eigenvalue weighted by atomic mass is 32.2. The number of methoxy groups -OCH3 is 1. The molecule has 7 nitrogen and oxygen atoms in total. The highest BCUT2D eigenvalue weighted by Crippen LogP contribution is 2.31. The van der Waals surface area contributed by atoms with E-state index >= 15 is 0 Å². The molecule has 0 aliphatic heterocycles. The summed E-state index contributed by atoms with van der Waals surface area (Å²) in [7, 11) is 1.65. The standard InChI is InChI=1S/C23H20N4O3S2/c1-15-19(24-22(30-15)20-9-5-11-31-20)14-32-23-26-25-21(16-6-3-7-17(12-16)28-2)27(23)13-18-8-4-10-29-18/h3-12H,13-14H2,1-2H3. The molecule has 0 bridgehead atoms. The van der Waals surface area contributed by atoms with Gasteiger partial charge in [0.1, 0.15) is 17.3 Å². The lowest BCUT2D eigenvalue weighted by atomic mass is 10.2. The van der Waals surface area contributed by atoms with Gasteiger partial charge in [0.25, 0.3) is 0 Å². The second kappa shape index (κ2) is 9.05. The zero-order chi connectivity index (χ0) is 21.9. The summed E-state index contributed by atoms with van der Waals surface area (Å²) in [6.07, 6.45) is 1.67. The van der Waals surface area contributed by atoms with E-state index in [0.717, 1.165) is 44.4 Å². The number of furan rings is 1.